The summed E-state index contributed by atoms with van der Waals surface area (Å²) in [5.74, 6) is -1.55. The molecule has 0 atom stereocenters. The van der Waals surface area contributed by atoms with Crippen LogP contribution in [0.5, 0.6) is 0 Å². The largest absolute Gasteiger partial charge is 0.378 e. The van der Waals surface area contributed by atoms with E-state index in [2.05, 4.69) is 21.3 Å². The molecule has 0 aromatic heterocycles. The summed E-state index contributed by atoms with van der Waals surface area (Å²) in [5.41, 5.74) is 0. The molecule has 0 aliphatic carbocycles. The van der Waals surface area contributed by atoms with Gasteiger partial charge >= 0.3 is 0 Å². The Morgan fingerprint density at radius 2 is 0.960 bits per heavy atom. The van der Waals surface area contributed by atoms with Crippen molar-refractivity contribution in [2.75, 3.05) is 65.8 Å². The Bertz CT molecular complexity index is 418. The van der Waals surface area contributed by atoms with E-state index in [0.717, 1.165) is 0 Å². The molecule has 1 fully saturated rings. The Kier molecular flexibility index (Phi) is 10.9. The molecular formula is C14H24N4O7. The van der Waals surface area contributed by atoms with Crippen molar-refractivity contribution in [1.82, 2.24) is 21.3 Å². The van der Waals surface area contributed by atoms with Gasteiger partial charge in [0, 0.05) is 13.1 Å². The van der Waals surface area contributed by atoms with Crippen LogP contribution in [0, 0.1) is 0 Å². The van der Waals surface area contributed by atoms with Gasteiger partial charge in [-0.1, -0.05) is 0 Å². The highest BCUT2D eigenvalue weighted by molar-refractivity contribution is 5.85. The number of hydrogen-bond donors (Lipinski definition) is 4. The molecular weight excluding hydrogens is 336 g/mol. The van der Waals surface area contributed by atoms with Crippen molar-refractivity contribution >= 4 is 23.6 Å². The Morgan fingerprint density at radius 3 is 1.40 bits per heavy atom. The normalized spacial score (nSPS) is 21.1. The summed E-state index contributed by atoms with van der Waals surface area (Å²) < 4.78 is 15.3. The monoisotopic (exact) mass is 360 g/mol. The van der Waals surface area contributed by atoms with Gasteiger partial charge in [0.2, 0.25) is 23.6 Å². The fourth-order valence-corrected chi connectivity index (χ4v) is 1.66. The molecule has 1 aliphatic heterocycles. The third-order valence-electron chi connectivity index (χ3n) is 2.87. The maximum Gasteiger partial charge on any atom is 0.246 e. The Balaban J connectivity index is 2.34. The lowest BCUT2D eigenvalue weighted by Crippen LogP contribution is -2.40. The molecule has 0 saturated carbocycles. The predicted molar refractivity (Wildman–Crippen MR) is 84.5 cm³/mol. The highest BCUT2D eigenvalue weighted by Gasteiger charge is 2.07. The van der Waals surface area contributed by atoms with Crippen LogP contribution in [-0.4, -0.2) is 89.4 Å². The molecule has 1 rings (SSSR count). The summed E-state index contributed by atoms with van der Waals surface area (Å²) in [6, 6.07) is 0. The number of carbonyl (C=O) groups excluding carboxylic acids is 4. The van der Waals surface area contributed by atoms with Crippen LogP contribution in [0.4, 0.5) is 0 Å². The van der Waals surface area contributed by atoms with Crippen LogP contribution in [0.3, 0.4) is 0 Å². The quantitative estimate of drug-likeness (QED) is 0.351. The van der Waals surface area contributed by atoms with Crippen LogP contribution in [0.25, 0.3) is 0 Å². The maximum atomic E-state index is 11.5. The van der Waals surface area contributed by atoms with Gasteiger partial charge in [0.25, 0.3) is 0 Å². The van der Waals surface area contributed by atoms with Gasteiger partial charge in [0.15, 0.2) is 0 Å². The van der Waals surface area contributed by atoms with Crippen LogP contribution in [0.2, 0.25) is 0 Å². The van der Waals surface area contributed by atoms with Crippen molar-refractivity contribution in [3.05, 3.63) is 0 Å². The standard InChI is InChI=1S/C14H24N4O7/c19-11-7-17-13(21)9-24-5-6-25-10-14(22)18-8-12(20)16-2-4-23-3-1-15-11/h1-10H2,(H,15,19)(H,16,20)(H,17,21)(H,18,22). The molecule has 142 valence electrons. The SMILES string of the molecule is O=C1CNC(=O)COCCOCC(=O)NCC(=O)NCCOCCN1. The summed E-state index contributed by atoms with van der Waals surface area (Å²) in [6.45, 7) is 0.593. The number of hydrogen-bond acceptors (Lipinski definition) is 7. The molecule has 4 amide bonds. The molecule has 11 heteroatoms. The van der Waals surface area contributed by atoms with E-state index in [1.807, 2.05) is 0 Å². The topological polar surface area (TPSA) is 144 Å². The first-order valence-electron chi connectivity index (χ1n) is 7.88. The van der Waals surface area contributed by atoms with E-state index in [4.69, 9.17) is 14.2 Å². The Hall–Kier alpha value is -2.24. The molecule has 0 spiro atoms. The Morgan fingerprint density at radius 1 is 0.520 bits per heavy atom. The van der Waals surface area contributed by atoms with Crippen molar-refractivity contribution in [2.24, 2.45) is 0 Å². The zero-order valence-electron chi connectivity index (χ0n) is 13.9. The van der Waals surface area contributed by atoms with E-state index in [0.29, 0.717) is 0 Å². The van der Waals surface area contributed by atoms with Crippen molar-refractivity contribution < 1.29 is 33.4 Å². The van der Waals surface area contributed by atoms with Crippen LogP contribution >= 0.6 is 0 Å². The fourth-order valence-electron chi connectivity index (χ4n) is 1.66. The first kappa shape index (κ1) is 20.8. The molecule has 4 N–H and O–H groups in total. The van der Waals surface area contributed by atoms with E-state index in [9.17, 15) is 19.2 Å². The van der Waals surface area contributed by atoms with Crippen LogP contribution in [0.1, 0.15) is 0 Å². The van der Waals surface area contributed by atoms with Crippen LogP contribution in [0.15, 0.2) is 0 Å². The number of amides is 4. The average molecular weight is 360 g/mol. The third-order valence-corrected chi connectivity index (χ3v) is 2.87. The molecule has 1 aliphatic rings. The second-order valence-corrected chi connectivity index (χ2v) is 4.97. The van der Waals surface area contributed by atoms with Gasteiger partial charge in [-0.3, -0.25) is 19.2 Å². The van der Waals surface area contributed by atoms with Gasteiger partial charge < -0.3 is 35.5 Å². The van der Waals surface area contributed by atoms with Gasteiger partial charge in [0.1, 0.15) is 13.2 Å². The van der Waals surface area contributed by atoms with Gasteiger partial charge in [-0.25, -0.2) is 0 Å². The average Bonchev–Trinajstić information content (AvgIpc) is 2.59. The number of nitrogens with one attached hydrogen (secondary N) is 4. The first-order valence-corrected chi connectivity index (χ1v) is 7.88. The fraction of sp³-hybridized carbons (Fsp3) is 0.714. The van der Waals surface area contributed by atoms with Crippen molar-refractivity contribution in [2.45, 2.75) is 0 Å². The van der Waals surface area contributed by atoms with E-state index < -0.39 is 11.8 Å². The van der Waals surface area contributed by atoms with Crippen molar-refractivity contribution in [3.8, 4) is 0 Å². The van der Waals surface area contributed by atoms with E-state index >= 15 is 0 Å². The van der Waals surface area contributed by atoms with Crippen molar-refractivity contribution in [1.29, 1.82) is 0 Å². The molecule has 0 aromatic rings. The zero-order chi connectivity index (χ0) is 18.3. The minimum Gasteiger partial charge on any atom is -0.378 e. The van der Waals surface area contributed by atoms with Crippen molar-refractivity contribution in [3.63, 3.8) is 0 Å². The second kappa shape index (κ2) is 13.1. The predicted octanol–water partition coefficient (Wildman–Crippen LogP) is -3.49. The smallest absolute Gasteiger partial charge is 0.246 e. The van der Waals surface area contributed by atoms with Gasteiger partial charge in [-0.05, 0) is 0 Å². The minimum absolute atomic E-state index is 0.116. The number of carbonyl (C=O) groups is 4. The number of rotatable bonds is 0. The molecule has 1 heterocycles. The van der Waals surface area contributed by atoms with Crippen LogP contribution < -0.4 is 21.3 Å². The summed E-state index contributed by atoms with van der Waals surface area (Å²) in [7, 11) is 0. The minimum atomic E-state index is -0.431. The van der Waals surface area contributed by atoms with Gasteiger partial charge in [-0.2, -0.15) is 0 Å². The highest BCUT2D eigenvalue weighted by atomic mass is 16.5. The molecule has 1 saturated heterocycles. The third kappa shape index (κ3) is 11.9. The highest BCUT2D eigenvalue weighted by Crippen LogP contribution is 1.81. The molecule has 0 bridgehead atoms. The van der Waals surface area contributed by atoms with Gasteiger partial charge in [-0.15, -0.1) is 0 Å². The number of ether oxygens (including phenoxy) is 3. The Labute approximate surface area is 145 Å². The summed E-state index contributed by atoms with van der Waals surface area (Å²) >= 11 is 0. The summed E-state index contributed by atoms with van der Waals surface area (Å²) in [5, 5.41) is 9.96. The lowest BCUT2D eigenvalue weighted by Gasteiger charge is -2.08. The van der Waals surface area contributed by atoms with Crippen LogP contribution in [-0.2, 0) is 33.4 Å². The van der Waals surface area contributed by atoms with E-state index in [1.54, 1.807) is 0 Å². The molecule has 25 heavy (non-hydrogen) atoms. The summed E-state index contributed by atoms with van der Waals surface area (Å²) in [4.78, 5) is 45.8. The molecule has 0 radical (unpaired) electrons. The first-order chi connectivity index (χ1) is 12.1. The summed E-state index contributed by atoms with van der Waals surface area (Å²) in [6.07, 6.45) is 0. The van der Waals surface area contributed by atoms with E-state index in [1.165, 1.54) is 0 Å². The zero-order valence-corrected chi connectivity index (χ0v) is 13.9. The molecule has 0 aromatic carbocycles. The van der Waals surface area contributed by atoms with Gasteiger partial charge in [0.05, 0.1) is 39.5 Å². The maximum absolute atomic E-state index is 11.5. The second-order valence-electron chi connectivity index (χ2n) is 4.97. The molecule has 0 unspecified atom stereocenters. The molecule has 11 nitrogen and oxygen atoms in total. The van der Waals surface area contributed by atoms with E-state index in [-0.39, 0.29) is 77.6 Å². The lowest BCUT2D eigenvalue weighted by atomic mass is 10.5. The lowest BCUT2D eigenvalue weighted by molar-refractivity contribution is -0.131.